The Morgan fingerprint density at radius 1 is 0.500 bits per heavy atom. The van der Waals surface area contributed by atoms with Gasteiger partial charge in [0.05, 0.1) is 0 Å². The van der Waals surface area contributed by atoms with Crippen molar-refractivity contribution in [1.82, 2.24) is 0 Å². The van der Waals surface area contributed by atoms with E-state index in [0.717, 1.165) is 0 Å². The van der Waals surface area contributed by atoms with Crippen molar-refractivity contribution in [1.29, 1.82) is 0 Å². The van der Waals surface area contributed by atoms with Gasteiger partial charge >= 0.3 is 70.4 Å². The summed E-state index contributed by atoms with van der Waals surface area (Å²) in [5, 5.41) is 0. The normalized spacial score (nSPS) is 0. The van der Waals surface area contributed by atoms with Crippen molar-refractivity contribution in [3.8, 4) is 0 Å². The fourth-order valence-corrected chi connectivity index (χ4v) is 0. The van der Waals surface area contributed by atoms with Crippen molar-refractivity contribution in [2.45, 2.75) is 0 Å². The quantitative estimate of drug-likeness (QED) is 0.415. The summed E-state index contributed by atoms with van der Waals surface area (Å²) >= 11 is 0. The molecule has 0 saturated carbocycles. The minimum absolute atomic E-state index is 0. The molecule has 0 fully saturated rings. The molecule has 0 aromatic rings. The molecule has 4 heavy (non-hydrogen) atoms. The molecule has 0 rings (SSSR count). The molecule has 0 unspecified atom stereocenters. The maximum absolute atomic E-state index is 0. The Labute approximate surface area is 69.8 Å². The molecule has 0 atom stereocenters. The first-order valence-electron chi connectivity index (χ1n) is 0. The van der Waals surface area contributed by atoms with Crippen LogP contribution in [0.4, 0.5) is 0 Å². The van der Waals surface area contributed by atoms with E-state index >= 15 is 0 Å². The standard InChI is InChI=1S/2GeH2.2GeH/h2*1H2;2*1H. The molecule has 0 aliphatic rings. The summed E-state index contributed by atoms with van der Waals surface area (Å²) in [5.41, 5.74) is 0. The van der Waals surface area contributed by atoms with Gasteiger partial charge in [0, 0.05) is 0 Å². The molecule has 10 radical (unpaired) electrons. The van der Waals surface area contributed by atoms with E-state index in [2.05, 4.69) is 0 Å². The Hall–Kier alpha value is 2.17. The van der Waals surface area contributed by atoms with Crippen LogP contribution in [0.2, 0.25) is 0 Å². The minimum atomic E-state index is 0. The van der Waals surface area contributed by atoms with E-state index in [0.29, 0.717) is 0 Å². The van der Waals surface area contributed by atoms with Crippen LogP contribution in [-0.4, -0.2) is 70.4 Å². The average molecular weight is 296 g/mol. The molecular weight excluding hydrogens is 290 g/mol. The SMILES string of the molecule is [GeH2].[GeH2].[GeH].[GeH]. The molecule has 22 valence electrons. The number of rotatable bonds is 0. The van der Waals surface area contributed by atoms with E-state index in [1.54, 1.807) is 0 Å². The fraction of sp³-hybridized carbons (Fsp3) is 0. The van der Waals surface area contributed by atoms with Gasteiger partial charge in [-0.3, -0.25) is 0 Å². The van der Waals surface area contributed by atoms with E-state index in [9.17, 15) is 0 Å². The van der Waals surface area contributed by atoms with Crippen molar-refractivity contribution in [3.63, 3.8) is 0 Å². The topological polar surface area (TPSA) is 0 Å². The second-order valence-corrected chi connectivity index (χ2v) is 0. The van der Waals surface area contributed by atoms with Crippen LogP contribution in [0.15, 0.2) is 0 Å². The number of hydrogen-bond acceptors (Lipinski definition) is 0. The van der Waals surface area contributed by atoms with Crippen molar-refractivity contribution < 1.29 is 0 Å². The van der Waals surface area contributed by atoms with Gasteiger partial charge in [0.2, 0.25) is 0 Å². The van der Waals surface area contributed by atoms with Crippen molar-refractivity contribution in [2.75, 3.05) is 0 Å². The van der Waals surface area contributed by atoms with E-state index in [-0.39, 0.29) is 70.4 Å². The van der Waals surface area contributed by atoms with Crippen molar-refractivity contribution in [3.05, 3.63) is 0 Å². The molecule has 0 amide bonds. The molecule has 0 aromatic carbocycles. The molecule has 0 heterocycles. The monoisotopic (exact) mass is 302 g/mol. The number of hydrogen-bond donors (Lipinski definition) is 0. The van der Waals surface area contributed by atoms with Crippen LogP contribution in [0.5, 0.6) is 0 Å². The second-order valence-electron chi connectivity index (χ2n) is 0. The molecule has 0 saturated heterocycles. The average Bonchev–Trinajstić information content (AvgIpc) is 0. The van der Waals surface area contributed by atoms with Crippen molar-refractivity contribution in [2.24, 2.45) is 0 Å². The van der Waals surface area contributed by atoms with Crippen LogP contribution in [0, 0.1) is 0 Å². The van der Waals surface area contributed by atoms with E-state index in [1.165, 1.54) is 0 Å². The summed E-state index contributed by atoms with van der Waals surface area (Å²) in [4.78, 5) is 0. The molecule has 0 nitrogen and oxygen atoms in total. The van der Waals surface area contributed by atoms with E-state index in [4.69, 9.17) is 0 Å². The Kier molecular flexibility index (Phi) is 167. The zero-order chi connectivity index (χ0) is 0. The molecule has 0 bridgehead atoms. The van der Waals surface area contributed by atoms with Gasteiger partial charge < -0.3 is 0 Å². The first kappa shape index (κ1) is 35.0. The third kappa shape index (κ3) is 8.90. The van der Waals surface area contributed by atoms with Crippen molar-refractivity contribution >= 4 is 70.4 Å². The van der Waals surface area contributed by atoms with E-state index in [1.807, 2.05) is 0 Å². The third-order valence-corrected chi connectivity index (χ3v) is 0. The van der Waals surface area contributed by atoms with Gasteiger partial charge in [0.25, 0.3) is 0 Å². The molecule has 0 aromatic heterocycles. The van der Waals surface area contributed by atoms with Crippen LogP contribution in [0.3, 0.4) is 0 Å². The first-order chi connectivity index (χ1) is 0. The first-order valence-corrected chi connectivity index (χ1v) is 0. The zero-order valence-corrected chi connectivity index (χ0v) is 13.3. The summed E-state index contributed by atoms with van der Waals surface area (Å²) in [6.07, 6.45) is 0. The summed E-state index contributed by atoms with van der Waals surface area (Å²) in [6, 6.07) is 0. The van der Waals surface area contributed by atoms with Gasteiger partial charge in [0.1, 0.15) is 0 Å². The fourth-order valence-electron chi connectivity index (χ4n) is 0. The molecule has 4 heteroatoms. The van der Waals surface area contributed by atoms with Crippen LogP contribution in [0.25, 0.3) is 0 Å². The van der Waals surface area contributed by atoms with Crippen LogP contribution >= 0.6 is 0 Å². The zero-order valence-electron chi connectivity index (χ0n) is 2.57. The van der Waals surface area contributed by atoms with Crippen LogP contribution < -0.4 is 0 Å². The summed E-state index contributed by atoms with van der Waals surface area (Å²) < 4.78 is 0. The maximum atomic E-state index is 0. The Morgan fingerprint density at radius 2 is 0.500 bits per heavy atom. The van der Waals surface area contributed by atoms with Gasteiger partial charge in [-0.25, -0.2) is 0 Å². The van der Waals surface area contributed by atoms with Gasteiger partial charge in [0.15, 0.2) is 0 Å². The summed E-state index contributed by atoms with van der Waals surface area (Å²) in [5.74, 6) is 0. The van der Waals surface area contributed by atoms with E-state index < -0.39 is 0 Å². The Bertz CT molecular complexity index is 0. The predicted molar refractivity (Wildman–Crippen MR) is 31.4 cm³/mol. The molecule has 0 spiro atoms. The molecule has 0 N–H and O–H groups in total. The Balaban J connectivity index is 0. The van der Waals surface area contributed by atoms with Crippen LogP contribution in [-0.2, 0) is 0 Å². The molecular formula is H6Ge4. The summed E-state index contributed by atoms with van der Waals surface area (Å²) in [6.45, 7) is 0. The predicted octanol–water partition coefficient (Wildman–Crippen LogP) is -3.13. The summed E-state index contributed by atoms with van der Waals surface area (Å²) in [7, 11) is 0. The van der Waals surface area contributed by atoms with Gasteiger partial charge in [-0.05, 0) is 0 Å². The van der Waals surface area contributed by atoms with Gasteiger partial charge in [-0.2, -0.15) is 0 Å². The molecule has 0 aliphatic heterocycles. The van der Waals surface area contributed by atoms with Gasteiger partial charge in [-0.15, -0.1) is 0 Å². The van der Waals surface area contributed by atoms with Crippen LogP contribution in [0.1, 0.15) is 0 Å². The second kappa shape index (κ2) is 19.1. The third-order valence-electron chi connectivity index (χ3n) is 0. The Morgan fingerprint density at radius 3 is 0.500 bits per heavy atom. The van der Waals surface area contributed by atoms with Gasteiger partial charge in [-0.1, -0.05) is 0 Å². The molecule has 0 aliphatic carbocycles.